The first kappa shape index (κ1) is 13.5. The smallest absolute Gasteiger partial charge is 0.313 e. The van der Waals surface area contributed by atoms with Crippen molar-refractivity contribution in [3.05, 3.63) is 17.5 Å². The number of carboxylic acid groups (broad SMARTS) is 1. The number of nitrogens with zero attached hydrogens (tertiary/aromatic N) is 5. The summed E-state index contributed by atoms with van der Waals surface area (Å²) in [5, 5.41) is 29.6. The zero-order valence-corrected chi connectivity index (χ0v) is 10.8. The molecule has 0 atom stereocenters. The molecule has 10 heteroatoms. The maximum atomic E-state index is 10.6. The largest absolute Gasteiger partial charge is 0.481 e. The minimum atomic E-state index is -0.958. The van der Waals surface area contributed by atoms with Gasteiger partial charge in [-0.1, -0.05) is 16.9 Å². The molecule has 0 spiro atoms. The Bertz CT molecular complexity index is 581. The normalized spacial score (nSPS) is 10.8. The van der Waals surface area contributed by atoms with E-state index in [2.05, 4.69) is 20.3 Å². The summed E-state index contributed by atoms with van der Waals surface area (Å²) in [7, 11) is 0. The van der Waals surface area contributed by atoms with Gasteiger partial charge in [-0.15, -0.1) is 10.2 Å². The van der Waals surface area contributed by atoms with Gasteiger partial charge in [0.05, 0.1) is 12.3 Å². The molecule has 0 unspecified atom stereocenters. The summed E-state index contributed by atoms with van der Waals surface area (Å²) in [6, 6.07) is 0. The van der Waals surface area contributed by atoms with Crippen molar-refractivity contribution in [2.24, 2.45) is 0 Å². The summed E-state index contributed by atoms with van der Waals surface area (Å²) in [6.45, 7) is 1.56. The maximum Gasteiger partial charge on any atom is 0.313 e. The Morgan fingerprint density at radius 1 is 1.47 bits per heavy atom. The maximum absolute atomic E-state index is 10.6. The highest BCUT2D eigenvalue weighted by atomic mass is 32.2. The van der Waals surface area contributed by atoms with E-state index >= 15 is 0 Å². The molecule has 19 heavy (non-hydrogen) atoms. The summed E-state index contributed by atoms with van der Waals surface area (Å²) in [5.41, 5.74) is 0. The molecule has 0 fully saturated rings. The SMILES string of the molecule is Cc1nc(Cn2c(CO)nnc2SCC(=O)O)no1. The molecule has 0 bridgehead atoms. The first-order valence-corrected chi connectivity index (χ1v) is 6.25. The van der Waals surface area contributed by atoms with Crippen LogP contribution in [0.5, 0.6) is 0 Å². The summed E-state index contributed by atoms with van der Waals surface area (Å²) < 4.78 is 6.40. The molecule has 2 aromatic heterocycles. The Balaban J connectivity index is 2.20. The van der Waals surface area contributed by atoms with Crippen LogP contribution in [0.15, 0.2) is 9.68 Å². The lowest BCUT2D eigenvalue weighted by Gasteiger charge is -2.05. The van der Waals surface area contributed by atoms with Crippen LogP contribution in [0.4, 0.5) is 0 Å². The number of hydrogen-bond acceptors (Lipinski definition) is 8. The van der Waals surface area contributed by atoms with Gasteiger partial charge in [-0.3, -0.25) is 9.36 Å². The second-order valence-electron chi connectivity index (χ2n) is 3.56. The molecule has 0 saturated heterocycles. The minimum absolute atomic E-state index is 0.144. The predicted octanol–water partition coefficient (Wildman–Crippen LogP) is -0.313. The molecule has 0 amide bonds. The Morgan fingerprint density at radius 2 is 2.26 bits per heavy atom. The van der Waals surface area contributed by atoms with Gasteiger partial charge in [0.2, 0.25) is 5.89 Å². The highest BCUT2D eigenvalue weighted by molar-refractivity contribution is 7.99. The number of aromatic nitrogens is 5. The van der Waals surface area contributed by atoms with Crippen LogP contribution in [0.2, 0.25) is 0 Å². The van der Waals surface area contributed by atoms with E-state index in [4.69, 9.17) is 9.63 Å². The van der Waals surface area contributed by atoms with Gasteiger partial charge < -0.3 is 14.7 Å². The lowest BCUT2D eigenvalue weighted by molar-refractivity contribution is -0.133. The number of carbonyl (C=O) groups is 1. The third kappa shape index (κ3) is 3.29. The monoisotopic (exact) mass is 285 g/mol. The summed E-state index contributed by atoms with van der Waals surface area (Å²) >= 11 is 1.01. The molecule has 0 aliphatic heterocycles. The molecule has 0 saturated carbocycles. The highest BCUT2D eigenvalue weighted by Gasteiger charge is 2.15. The summed E-state index contributed by atoms with van der Waals surface area (Å²) in [5.74, 6) is 0.0443. The van der Waals surface area contributed by atoms with E-state index in [0.29, 0.717) is 22.7 Å². The van der Waals surface area contributed by atoms with Crippen molar-refractivity contribution in [2.75, 3.05) is 5.75 Å². The van der Waals surface area contributed by atoms with Crippen LogP contribution in [0, 0.1) is 6.92 Å². The van der Waals surface area contributed by atoms with Crippen molar-refractivity contribution in [3.63, 3.8) is 0 Å². The molecule has 2 rings (SSSR count). The van der Waals surface area contributed by atoms with E-state index in [1.54, 1.807) is 11.5 Å². The minimum Gasteiger partial charge on any atom is -0.481 e. The van der Waals surface area contributed by atoms with Gasteiger partial charge >= 0.3 is 5.97 Å². The second-order valence-corrected chi connectivity index (χ2v) is 4.50. The van der Waals surface area contributed by atoms with Crippen LogP contribution in [-0.2, 0) is 17.9 Å². The Labute approximate surface area is 111 Å². The molecular formula is C9H11N5O4S. The standard InChI is InChI=1S/C9H11N5O4S/c1-5-10-6(13-18-5)2-14-7(3-15)11-12-9(14)19-4-8(16)17/h15H,2-4H2,1H3,(H,16,17). The summed E-state index contributed by atoms with van der Waals surface area (Å²) in [6.07, 6.45) is 0. The molecule has 0 aliphatic rings. The van der Waals surface area contributed by atoms with Gasteiger partial charge in [0.15, 0.2) is 16.8 Å². The second kappa shape index (κ2) is 5.80. The molecule has 102 valence electrons. The molecule has 0 radical (unpaired) electrons. The van der Waals surface area contributed by atoms with Crippen LogP contribution in [0.3, 0.4) is 0 Å². The molecule has 0 aromatic carbocycles. The first-order valence-electron chi connectivity index (χ1n) is 5.27. The number of hydrogen-bond donors (Lipinski definition) is 2. The zero-order valence-electron chi connectivity index (χ0n) is 9.98. The third-order valence-corrected chi connectivity index (χ3v) is 3.08. The van der Waals surface area contributed by atoms with Crippen molar-refractivity contribution in [3.8, 4) is 0 Å². The molecule has 2 N–H and O–H groups in total. The van der Waals surface area contributed by atoms with Crippen LogP contribution in [0.25, 0.3) is 0 Å². The van der Waals surface area contributed by atoms with Crippen LogP contribution in [-0.4, -0.2) is 46.8 Å². The Morgan fingerprint density at radius 3 is 2.84 bits per heavy atom. The fraction of sp³-hybridized carbons (Fsp3) is 0.444. The first-order chi connectivity index (χ1) is 9.10. The van der Waals surface area contributed by atoms with Crippen LogP contribution >= 0.6 is 11.8 Å². The van der Waals surface area contributed by atoms with Crippen molar-refractivity contribution >= 4 is 17.7 Å². The summed E-state index contributed by atoms with van der Waals surface area (Å²) in [4.78, 5) is 14.6. The topological polar surface area (TPSA) is 127 Å². The fourth-order valence-electron chi connectivity index (χ4n) is 1.37. The van der Waals surface area contributed by atoms with Gasteiger partial charge in [0.1, 0.15) is 6.61 Å². The fourth-order valence-corrected chi connectivity index (χ4v) is 2.05. The molecule has 2 heterocycles. The molecule has 9 nitrogen and oxygen atoms in total. The zero-order chi connectivity index (χ0) is 13.8. The number of carboxylic acids is 1. The van der Waals surface area contributed by atoms with Crippen LogP contribution < -0.4 is 0 Å². The molecular weight excluding hydrogens is 274 g/mol. The van der Waals surface area contributed by atoms with Crippen molar-refractivity contribution in [1.82, 2.24) is 24.9 Å². The van der Waals surface area contributed by atoms with E-state index < -0.39 is 5.97 Å². The van der Waals surface area contributed by atoms with E-state index in [1.807, 2.05) is 0 Å². The van der Waals surface area contributed by atoms with Crippen molar-refractivity contribution < 1.29 is 19.5 Å². The van der Waals surface area contributed by atoms with Gasteiger partial charge in [0.25, 0.3) is 0 Å². The van der Waals surface area contributed by atoms with Gasteiger partial charge in [-0.05, 0) is 0 Å². The van der Waals surface area contributed by atoms with Gasteiger partial charge in [-0.25, -0.2) is 0 Å². The van der Waals surface area contributed by atoms with Crippen molar-refractivity contribution in [2.45, 2.75) is 25.2 Å². The van der Waals surface area contributed by atoms with Gasteiger partial charge in [0, 0.05) is 6.92 Å². The quantitative estimate of drug-likeness (QED) is 0.686. The molecule has 2 aromatic rings. The van der Waals surface area contributed by atoms with E-state index in [1.165, 1.54) is 0 Å². The average Bonchev–Trinajstić information content (AvgIpc) is 2.94. The number of thioether (sulfide) groups is 1. The van der Waals surface area contributed by atoms with Gasteiger partial charge in [-0.2, -0.15) is 4.98 Å². The van der Waals surface area contributed by atoms with Crippen LogP contribution in [0.1, 0.15) is 17.5 Å². The lowest BCUT2D eigenvalue weighted by atomic mass is 10.5. The average molecular weight is 285 g/mol. The van der Waals surface area contributed by atoms with E-state index in [0.717, 1.165) is 11.8 Å². The molecule has 0 aliphatic carbocycles. The number of rotatable bonds is 6. The van der Waals surface area contributed by atoms with E-state index in [9.17, 15) is 9.90 Å². The van der Waals surface area contributed by atoms with Crippen molar-refractivity contribution in [1.29, 1.82) is 0 Å². The number of aryl methyl sites for hydroxylation is 1. The lowest BCUT2D eigenvalue weighted by Crippen LogP contribution is -2.09. The number of aliphatic hydroxyl groups excluding tert-OH is 1. The van der Waals surface area contributed by atoms with E-state index in [-0.39, 0.29) is 18.9 Å². The highest BCUT2D eigenvalue weighted by Crippen LogP contribution is 2.18. The number of aliphatic carboxylic acids is 1. The Hall–Kier alpha value is -1.94. The third-order valence-electron chi connectivity index (χ3n) is 2.13. The number of aliphatic hydroxyl groups is 1. The Kier molecular flexibility index (Phi) is 4.12. The predicted molar refractivity (Wildman–Crippen MR) is 62.4 cm³/mol.